The summed E-state index contributed by atoms with van der Waals surface area (Å²) >= 11 is 0. The minimum Gasteiger partial charge on any atom is -0.481 e. The SMILES string of the molecule is COc1nc(-c2cccc(-c3cccc(NC(=O)c4ccnn(C)c4=O)c3C)c2C)ccc1CN[C@@H]1CCOC[C@@H]1O. The molecule has 42 heavy (non-hydrogen) atoms. The zero-order valence-electron chi connectivity index (χ0n) is 24.2. The Morgan fingerprint density at radius 2 is 1.81 bits per heavy atom. The molecule has 0 spiro atoms. The van der Waals surface area contributed by atoms with Crippen LogP contribution in [0.1, 0.15) is 33.5 Å². The summed E-state index contributed by atoms with van der Waals surface area (Å²) in [4.78, 5) is 30.1. The highest BCUT2D eigenvalue weighted by atomic mass is 16.5. The molecule has 0 bridgehead atoms. The van der Waals surface area contributed by atoms with Crippen molar-refractivity contribution in [2.75, 3.05) is 25.6 Å². The zero-order valence-corrected chi connectivity index (χ0v) is 24.2. The molecule has 3 N–H and O–H groups in total. The number of rotatable bonds is 8. The number of nitrogens with zero attached hydrogens (tertiary/aromatic N) is 3. The van der Waals surface area contributed by atoms with Gasteiger partial charge >= 0.3 is 0 Å². The number of aromatic nitrogens is 3. The van der Waals surface area contributed by atoms with E-state index < -0.39 is 17.6 Å². The van der Waals surface area contributed by atoms with Crippen molar-refractivity contribution in [3.8, 4) is 28.3 Å². The maximum Gasteiger partial charge on any atom is 0.279 e. The Balaban J connectivity index is 1.41. The predicted octanol–water partition coefficient (Wildman–Crippen LogP) is 3.63. The number of amides is 1. The summed E-state index contributed by atoms with van der Waals surface area (Å²) in [6.07, 6.45) is 1.63. The predicted molar refractivity (Wildman–Crippen MR) is 161 cm³/mol. The molecule has 0 radical (unpaired) electrons. The molecule has 1 saturated heterocycles. The van der Waals surface area contributed by atoms with Crippen LogP contribution in [0.5, 0.6) is 5.88 Å². The molecule has 1 amide bonds. The smallest absolute Gasteiger partial charge is 0.279 e. The topological polar surface area (TPSA) is 128 Å². The second-order valence-electron chi connectivity index (χ2n) is 10.4. The first-order chi connectivity index (χ1) is 20.3. The van der Waals surface area contributed by atoms with Gasteiger partial charge in [-0.25, -0.2) is 9.67 Å². The molecule has 1 aliphatic rings. The number of hydrogen-bond acceptors (Lipinski definition) is 8. The first-order valence-electron chi connectivity index (χ1n) is 13.8. The van der Waals surface area contributed by atoms with E-state index in [0.717, 1.165) is 50.2 Å². The molecule has 0 aliphatic carbocycles. The summed E-state index contributed by atoms with van der Waals surface area (Å²) in [6.45, 7) is 5.46. The van der Waals surface area contributed by atoms with Gasteiger partial charge in [0.15, 0.2) is 0 Å². The van der Waals surface area contributed by atoms with Crippen LogP contribution in [-0.4, -0.2) is 58.2 Å². The van der Waals surface area contributed by atoms with E-state index in [-0.39, 0.29) is 11.6 Å². The number of ether oxygens (including phenoxy) is 2. The van der Waals surface area contributed by atoms with Gasteiger partial charge in [0.1, 0.15) is 5.56 Å². The van der Waals surface area contributed by atoms with Crippen molar-refractivity contribution in [1.82, 2.24) is 20.1 Å². The van der Waals surface area contributed by atoms with Gasteiger partial charge in [-0.15, -0.1) is 0 Å². The summed E-state index contributed by atoms with van der Waals surface area (Å²) in [6, 6.07) is 17.1. The molecule has 218 valence electrons. The first kappa shape index (κ1) is 29.1. The van der Waals surface area contributed by atoms with Crippen LogP contribution in [0.15, 0.2) is 65.6 Å². The number of anilines is 1. The van der Waals surface area contributed by atoms with Crippen LogP contribution >= 0.6 is 0 Å². The standard InChI is InChI=1S/C32H35N5O5/c1-19-22(23-8-6-10-26(20(23)2)35-30(39)25-13-15-34-37(3)32(25)40)7-5-9-24(19)27-12-11-21(31(36-27)41-4)17-33-28-14-16-42-18-29(28)38/h5-13,15,28-29,33,38H,14,16-18H2,1-4H3,(H,35,39)/t28-,29+/m1/s1. The van der Waals surface area contributed by atoms with Crippen molar-refractivity contribution in [2.45, 2.75) is 39.0 Å². The lowest BCUT2D eigenvalue weighted by atomic mass is 9.91. The number of nitrogens with one attached hydrogen (secondary N) is 2. The van der Waals surface area contributed by atoms with Crippen LogP contribution in [0.3, 0.4) is 0 Å². The third-order valence-corrected chi connectivity index (χ3v) is 7.75. The summed E-state index contributed by atoms with van der Waals surface area (Å²) < 4.78 is 12.1. The fourth-order valence-corrected chi connectivity index (χ4v) is 5.27. The van der Waals surface area contributed by atoms with Crippen molar-refractivity contribution in [3.63, 3.8) is 0 Å². The first-order valence-corrected chi connectivity index (χ1v) is 13.8. The molecule has 0 unspecified atom stereocenters. The summed E-state index contributed by atoms with van der Waals surface area (Å²) in [5.74, 6) is 0.0374. The fraction of sp³-hybridized carbons (Fsp3) is 0.312. The molecule has 0 saturated carbocycles. The Hall–Kier alpha value is -4.38. The highest BCUT2D eigenvalue weighted by Gasteiger charge is 2.24. The second-order valence-corrected chi connectivity index (χ2v) is 10.4. The van der Waals surface area contributed by atoms with Crippen molar-refractivity contribution in [1.29, 1.82) is 0 Å². The summed E-state index contributed by atoms with van der Waals surface area (Å²) in [5, 5.41) is 20.4. The van der Waals surface area contributed by atoms with Crippen LogP contribution in [0.4, 0.5) is 5.69 Å². The number of aryl methyl sites for hydroxylation is 1. The van der Waals surface area contributed by atoms with Gasteiger partial charge in [-0.3, -0.25) is 9.59 Å². The molecule has 2 aromatic heterocycles. The van der Waals surface area contributed by atoms with Crippen LogP contribution in [-0.2, 0) is 18.3 Å². The van der Waals surface area contributed by atoms with E-state index >= 15 is 0 Å². The lowest BCUT2D eigenvalue weighted by Crippen LogP contribution is -2.46. The molecule has 10 nitrogen and oxygen atoms in total. The number of hydrogen-bond donors (Lipinski definition) is 3. The molecule has 3 heterocycles. The Bertz CT molecular complexity index is 1670. The molecule has 2 atom stereocenters. The maximum absolute atomic E-state index is 12.9. The van der Waals surface area contributed by atoms with Crippen molar-refractivity contribution in [3.05, 3.63) is 93.4 Å². The Morgan fingerprint density at radius 3 is 2.57 bits per heavy atom. The average Bonchev–Trinajstić information content (AvgIpc) is 2.99. The van der Waals surface area contributed by atoms with Crippen LogP contribution in [0, 0.1) is 13.8 Å². The number of carbonyl (C=O) groups is 1. The molecule has 5 rings (SSSR count). The Morgan fingerprint density at radius 1 is 1.07 bits per heavy atom. The van der Waals surface area contributed by atoms with Gasteiger partial charge in [-0.1, -0.05) is 36.4 Å². The Kier molecular flexibility index (Phi) is 8.77. The van der Waals surface area contributed by atoms with Crippen LogP contribution in [0.25, 0.3) is 22.4 Å². The van der Waals surface area contributed by atoms with Gasteiger partial charge < -0.3 is 25.2 Å². The molecule has 1 fully saturated rings. The number of pyridine rings is 1. The number of benzene rings is 2. The molecular weight excluding hydrogens is 534 g/mol. The van der Waals surface area contributed by atoms with E-state index in [1.807, 2.05) is 62.4 Å². The summed E-state index contributed by atoms with van der Waals surface area (Å²) in [5.41, 5.74) is 6.67. The van der Waals surface area contributed by atoms with Crippen LogP contribution in [0.2, 0.25) is 0 Å². The molecule has 2 aromatic carbocycles. The van der Waals surface area contributed by atoms with E-state index in [9.17, 15) is 14.7 Å². The molecule has 10 heteroatoms. The van der Waals surface area contributed by atoms with E-state index in [0.29, 0.717) is 31.3 Å². The largest absolute Gasteiger partial charge is 0.481 e. The van der Waals surface area contributed by atoms with E-state index in [2.05, 4.69) is 15.7 Å². The second kappa shape index (κ2) is 12.6. The van der Waals surface area contributed by atoms with Crippen molar-refractivity contribution >= 4 is 11.6 Å². The third-order valence-electron chi connectivity index (χ3n) is 7.75. The number of carbonyl (C=O) groups excluding carboxylic acids is 1. The van der Waals surface area contributed by atoms with Gasteiger partial charge in [0.05, 0.1) is 25.5 Å². The minimum atomic E-state index is -0.541. The van der Waals surface area contributed by atoms with E-state index in [4.69, 9.17) is 14.5 Å². The van der Waals surface area contributed by atoms with Gasteiger partial charge in [-0.2, -0.15) is 5.10 Å². The molecular formula is C32H35N5O5. The quantitative estimate of drug-likeness (QED) is 0.294. The average molecular weight is 570 g/mol. The lowest BCUT2D eigenvalue weighted by Gasteiger charge is -2.28. The third kappa shape index (κ3) is 5.96. The van der Waals surface area contributed by atoms with E-state index in [1.165, 1.54) is 19.3 Å². The van der Waals surface area contributed by atoms with Gasteiger partial charge in [0.2, 0.25) is 5.88 Å². The summed E-state index contributed by atoms with van der Waals surface area (Å²) in [7, 11) is 3.11. The molecule has 1 aliphatic heterocycles. The number of aliphatic hydroxyl groups is 1. The van der Waals surface area contributed by atoms with Gasteiger partial charge in [0.25, 0.3) is 11.5 Å². The van der Waals surface area contributed by atoms with E-state index in [1.54, 1.807) is 7.11 Å². The van der Waals surface area contributed by atoms with Crippen LogP contribution < -0.4 is 20.9 Å². The van der Waals surface area contributed by atoms with Crippen molar-refractivity contribution in [2.24, 2.45) is 7.05 Å². The van der Waals surface area contributed by atoms with Crippen molar-refractivity contribution < 1.29 is 19.4 Å². The number of methoxy groups -OCH3 is 1. The lowest BCUT2D eigenvalue weighted by molar-refractivity contribution is -0.0281. The normalized spacial score (nSPS) is 16.7. The Labute approximate surface area is 244 Å². The minimum absolute atomic E-state index is 0.0260. The zero-order chi connectivity index (χ0) is 29.8. The highest BCUT2D eigenvalue weighted by molar-refractivity contribution is 6.04. The van der Waals surface area contributed by atoms with Gasteiger partial charge in [-0.05, 0) is 60.7 Å². The molecule has 4 aromatic rings. The number of aliphatic hydroxyl groups excluding tert-OH is 1. The maximum atomic E-state index is 12.9. The van der Waals surface area contributed by atoms with Gasteiger partial charge in [0, 0.05) is 49.3 Å². The monoisotopic (exact) mass is 569 g/mol. The fourth-order valence-electron chi connectivity index (χ4n) is 5.27. The highest BCUT2D eigenvalue weighted by Crippen LogP contribution is 2.36.